The summed E-state index contributed by atoms with van der Waals surface area (Å²) in [6.45, 7) is 0. The third-order valence-electron chi connectivity index (χ3n) is 3.33. The minimum atomic E-state index is -0.713. The molecule has 0 saturated carbocycles. The summed E-state index contributed by atoms with van der Waals surface area (Å²) >= 11 is 0. The van der Waals surface area contributed by atoms with Crippen LogP contribution in [0.3, 0.4) is 0 Å². The number of methoxy groups -OCH3 is 2. The van der Waals surface area contributed by atoms with Crippen molar-refractivity contribution < 1.29 is 23.9 Å². The van der Waals surface area contributed by atoms with Crippen molar-refractivity contribution in [2.45, 2.75) is 0 Å². The van der Waals surface area contributed by atoms with Gasteiger partial charge in [0.05, 0.1) is 20.3 Å². The fourth-order valence-electron chi connectivity index (χ4n) is 2.05. The summed E-state index contributed by atoms with van der Waals surface area (Å²) < 4.78 is 9.12. The number of anilines is 1. The molecule has 0 unspecified atom stereocenters. The number of carbonyl (C=O) groups excluding carboxylic acids is 3. The van der Waals surface area contributed by atoms with Gasteiger partial charge in [0.2, 0.25) is 0 Å². The molecule has 6 nitrogen and oxygen atoms in total. The van der Waals surface area contributed by atoms with E-state index in [1.165, 1.54) is 14.2 Å². The molecule has 25 heavy (non-hydrogen) atoms. The van der Waals surface area contributed by atoms with Crippen LogP contribution in [0.5, 0.6) is 0 Å². The summed E-state index contributed by atoms with van der Waals surface area (Å²) in [5.41, 5.74) is 1.54. The highest BCUT2D eigenvalue weighted by atomic mass is 16.5. The number of rotatable bonds is 6. The summed E-state index contributed by atoms with van der Waals surface area (Å²) in [6.07, 6.45) is 0.995. The van der Waals surface area contributed by atoms with E-state index in [-0.39, 0.29) is 11.5 Å². The predicted octanol–water partition coefficient (Wildman–Crippen LogP) is 2.56. The molecular formula is C19H17NO5. The molecule has 0 fully saturated rings. The molecule has 1 N–H and O–H groups in total. The van der Waals surface area contributed by atoms with Crippen molar-refractivity contribution in [1.29, 1.82) is 0 Å². The van der Waals surface area contributed by atoms with Gasteiger partial charge in [0.25, 0.3) is 0 Å². The lowest BCUT2D eigenvalue weighted by Crippen LogP contribution is -2.15. The molecule has 2 aromatic rings. The number of carbonyl (C=O) groups is 3. The summed E-state index contributed by atoms with van der Waals surface area (Å²) in [6, 6.07) is 15.4. The summed E-state index contributed by atoms with van der Waals surface area (Å²) in [5.74, 6) is -1.51. The van der Waals surface area contributed by atoms with Gasteiger partial charge in [-0.3, -0.25) is 4.79 Å². The molecule has 0 atom stereocenters. The molecule has 2 rings (SSSR count). The Labute approximate surface area is 145 Å². The van der Waals surface area contributed by atoms with Crippen LogP contribution in [0.15, 0.2) is 66.4 Å². The maximum atomic E-state index is 12.4. The van der Waals surface area contributed by atoms with Gasteiger partial charge in [0.15, 0.2) is 5.78 Å². The van der Waals surface area contributed by atoms with Gasteiger partial charge in [-0.2, -0.15) is 0 Å². The number of hydrogen-bond acceptors (Lipinski definition) is 6. The molecule has 0 aliphatic carbocycles. The van der Waals surface area contributed by atoms with E-state index < -0.39 is 11.9 Å². The Morgan fingerprint density at radius 1 is 0.840 bits per heavy atom. The number of nitrogens with one attached hydrogen (secondary N) is 1. The van der Waals surface area contributed by atoms with E-state index in [2.05, 4.69) is 14.8 Å². The van der Waals surface area contributed by atoms with E-state index in [4.69, 9.17) is 0 Å². The minimum absolute atomic E-state index is 0.0727. The molecule has 128 valence electrons. The van der Waals surface area contributed by atoms with Gasteiger partial charge in [0, 0.05) is 16.8 Å². The Bertz CT molecular complexity index is 794. The summed E-state index contributed by atoms with van der Waals surface area (Å²) in [4.78, 5) is 35.4. The van der Waals surface area contributed by atoms with Crippen molar-refractivity contribution in [1.82, 2.24) is 0 Å². The molecule has 0 amide bonds. The predicted molar refractivity (Wildman–Crippen MR) is 92.1 cm³/mol. The number of hydrogen-bond donors (Lipinski definition) is 1. The monoisotopic (exact) mass is 339 g/mol. The van der Waals surface area contributed by atoms with Gasteiger partial charge in [-0.1, -0.05) is 30.3 Å². The fourth-order valence-corrected chi connectivity index (χ4v) is 2.05. The quantitative estimate of drug-likeness (QED) is 0.495. The van der Waals surface area contributed by atoms with Crippen molar-refractivity contribution in [3.8, 4) is 0 Å². The molecule has 0 radical (unpaired) electrons. The van der Waals surface area contributed by atoms with Crippen molar-refractivity contribution in [2.24, 2.45) is 0 Å². The van der Waals surface area contributed by atoms with Crippen LogP contribution in [-0.4, -0.2) is 31.9 Å². The second-order valence-electron chi connectivity index (χ2n) is 4.97. The maximum absolute atomic E-state index is 12.4. The first-order chi connectivity index (χ1) is 12.0. The SMILES string of the molecule is COC(=O)C=C(Nc1ccc(C(=O)c2ccccc2)cc1)C(=O)OC. The van der Waals surface area contributed by atoms with Crippen molar-refractivity contribution in [3.63, 3.8) is 0 Å². The third kappa shape index (κ3) is 4.78. The van der Waals surface area contributed by atoms with Crippen LogP contribution in [0.4, 0.5) is 5.69 Å². The smallest absolute Gasteiger partial charge is 0.354 e. The Morgan fingerprint density at radius 3 is 2.00 bits per heavy atom. The Kier molecular flexibility index (Phi) is 6.06. The number of benzene rings is 2. The normalized spacial score (nSPS) is 10.7. The van der Waals surface area contributed by atoms with E-state index in [1.54, 1.807) is 48.5 Å². The molecule has 0 bridgehead atoms. The highest BCUT2D eigenvalue weighted by Crippen LogP contribution is 2.16. The molecule has 0 aliphatic heterocycles. The number of ketones is 1. The van der Waals surface area contributed by atoms with E-state index >= 15 is 0 Å². The Morgan fingerprint density at radius 2 is 1.44 bits per heavy atom. The van der Waals surface area contributed by atoms with Crippen molar-refractivity contribution in [3.05, 3.63) is 77.5 Å². The average molecular weight is 339 g/mol. The van der Waals surface area contributed by atoms with Crippen molar-refractivity contribution >= 4 is 23.4 Å². The molecule has 6 heteroatoms. The molecule has 0 saturated heterocycles. The van der Waals surface area contributed by atoms with Crippen LogP contribution in [0.1, 0.15) is 15.9 Å². The van der Waals surface area contributed by atoms with E-state index in [1.807, 2.05) is 6.07 Å². The van der Waals surface area contributed by atoms with Crippen LogP contribution in [0, 0.1) is 0 Å². The number of ether oxygens (including phenoxy) is 2. The maximum Gasteiger partial charge on any atom is 0.354 e. The third-order valence-corrected chi connectivity index (χ3v) is 3.33. The fraction of sp³-hybridized carbons (Fsp3) is 0.105. The minimum Gasteiger partial charge on any atom is -0.466 e. The highest BCUT2D eigenvalue weighted by Gasteiger charge is 2.13. The van der Waals surface area contributed by atoms with Crippen LogP contribution >= 0.6 is 0 Å². The standard InChI is InChI=1S/C19H17NO5/c1-24-17(21)12-16(19(23)25-2)20-15-10-8-14(9-11-15)18(22)13-6-4-3-5-7-13/h3-12,20H,1-2H3. The zero-order chi connectivity index (χ0) is 18.2. The van der Waals surface area contributed by atoms with Crippen LogP contribution < -0.4 is 5.32 Å². The van der Waals surface area contributed by atoms with Crippen LogP contribution in [-0.2, 0) is 19.1 Å². The largest absolute Gasteiger partial charge is 0.466 e. The second-order valence-corrected chi connectivity index (χ2v) is 4.97. The molecule has 2 aromatic carbocycles. The van der Waals surface area contributed by atoms with E-state index in [0.717, 1.165) is 6.08 Å². The Hall–Kier alpha value is -3.41. The zero-order valence-electron chi connectivity index (χ0n) is 13.8. The lowest BCUT2D eigenvalue weighted by atomic mass is 10.0. The summed E-state index contributed by atoms with van der Waals surface area (Å²) in [7, 11) is 2.41. The topological polar surface area (TPSA) is 81.7 Å². The molecular weight excluding hydrogens is 322 g/mol. The van der Waals surface area contributed by atoms with Gasteiger partial charge >= 0.3 is 11.9 Å². The van der Waals surface area contributed by atoms with Gasteiger partial charge in [-0.15, -0.1) is 0 Å². The van der Waals surface area contributed by atoms with E-state index in [9.17, 15) is 14.4 Å². The first kappa shape index (κ1) is 17.9. The van der Waals surface area contributed by atoms with Crippen LogP contribution in [0.2, 0.25) is 0 Å². The van der Waals surface area contributed by atoms with Gasteiger partial charge < -0.3 is 14.8 Å². The average Bonchev–Trinajstić information content (AvgIpc) is 2.67. The molecule has 0 spiro atoms. The second kappa shape index (κ2) is 8.44. The molecule has 0 heterocycles. The van der Waals surface area contributed by atoms with Crippen LogP contribution in [0.25, 0.3) is 0 Å². The van der Waals surface area contributed by atoms with Gasteiger partial charge in [0.1, 0.15) is 5.70 Å². The van der Waals surface area contributed by atoms with Crippen molar-refractivity contribution in [2.75, 3.05) is 19.5 Å². The lowest BCUT2D eigenvalue weighted by molar-refractivity contribution is -0.138. The first-order valence-corrected chi connectivity index (χ1v) is 7.40. The molecule has 0 aliphatic rings. The highest BCUT2D eigenvalue weighted by molar-refractivity contribution is 6.09. The summed E-state index contributed by atoms with van der Waals surface area (Å²) in [5, 5.41) is 2.78. The lowest BCUT2D eigenvalue weighted by Gasteiger charge is -2.09. The molecule has 0 aromatic heterocycles. The Balaban J connectivity index is 2.18. The number of esters is 2. The van der Waals surface area contributed by atoms with E-state index in [0.29, 0.717) is 16.8 Å². The van der Waals surface area contributed by atoms with Gasteiger partial charge in [-0.25, -0.2) is 9.59 Å². The first-order valence-electron chi connectivity index (χ1n) is 7.40. The zero-order valence-corrected chi connectivity index (χ0v) is 13.8. The van der Waals surface area contributed by atoms with Gasteiger partial charge in [-0.05, 0) is 24.3 Å².